The third-order valence-corrected chi connectivity index (χ3v) is 5.75. The number of benzene rings is 2. The van der Waals surface area contributed by atoms with Crippen LogP contribution in [-0.4, -0.2) is 27.2 Å². The van der Waals surface area contributed by atoms with Crippen LogP contribution in [0, 0.1) is 0 Å². The number of halogens is 1. The smallest absolute Gasteiger partial charge is 0.262 e. The van der Waals surface area contributed by atoms with E-state index in [1.165, 1.54) is 11.8 Å². The predicted octanol–water partition coefficient (Wildman–Crippen LogP) is 5.39. The van der Waals surface area contributed by atoms with Crippen molar-refractivity contribution in [1.29, 1.82) is 0 Å². The minimum atomic E-state index is -0.415. The molecule has 0 bridgehead atoms. The van der Waals surface area contributed by atoms with E-state index in [0.29, 0.717) is 33.3 Å². The predicted molar refractivity (Wildman–Crippen MR) is 119 cm³/mol. The van der Waals surface area contributed by atoms with Gasteiger partial charge in [-0.2, -0.15) is 0 Å². The molecule has 0 amide bonds. The summed E-state index contributed by atoms with van der Waals surface area (Å²) in [6.45, 7) is 8.16. The maximum absolute atomic E-state index is 13.0. The fraction of sp³-hybridized carbons (Fsp3) is 0.318. The van der Waals surface area contributed by atoms with Crippen molar-refractivity contribution in [3.8, 4) is 5.75 Å². The Kier molecular flexibility index (Phi) is 6.65. The molecule has 0 radical (unpaired) electrons. The summed E-state index contributed by atoms with van der Waals surface area (Å²) in [5, 5.41) is 1.12. The number of aromatic nitrogens is 2. The van der Waals surface area contributed by atoms with Crippen molar-refractivity contribution in [2.45, 2.75) is 44.1 Å². The van der Waals surface area contributed by atoms with Gasteiger partial charge in [0.2, 0.25) is 0 Å². The summed E-state index contributed by atoms with van der Waals surface area (Å²) < 4.78 is 7.05. The van der Waals surface area contributed by atoms with Gasteiger partial charge >= 0.3 is 0 Å². The topological polar surface area (TPSA) is 61.2 Å². The Morgan fingerprint density at radius 1 is 1.17 bits per heavy atom. The number of ether oxygens (including phenoxy) is 1. The summed E-state index contributed by atoms with van der Waals surface area (Å²) in [7, 11) is 0. The molecule has 0 unspecified atom stereocenters. The third kappa shape index (κ3) is 4.65. The second-order valence-corrected chi connectivity index (χ2v) is 8.65. The summed E-state index contributed by atoms with van der Waals surface area (Å²) in [6.07, 6.45) is 0. The van der Waals surface area contributed by atoms with E-state index in [-0.39, 0.29) is 17.4 Å². The van der Waals surface area contributed by atoms with Crippen molar-refractivity contribution in [2.75, 3.05) is 6.61 Å². The minimum Gasteiger partial charge on any atom is -0.494 e. The molecule has 3 aromatic rings. The second-order valence-electron chi connectivity index (χ2n) is 6.91. The maximum atomic E-state index is 13.0. The van der Waals surface area contributed by atoms with Crippen molar-refractivity contribution in [2.24, 2.45) is 0 Å². The van der Waals surface area contributed by atoms with Crippen LogP contribution in [0.3, 0.4) is 0 Å². The van der Waals surface area contributed by atoms with Gasteiger partial charge in [0, 0.05) is 16.6 Å². The molecular formula is C22H23ClN2O3S. The molecule has 1 aromatic heterocycles. The minimum absolute atomic E-state index is 0.0335. The van der Waals surface area contributed by atoms with Crippen molar-refractivity contribution in [3.05, 3.63) is 63.4 Å². The van der Waals surface area contributed by atoms with E-state index >= 15 is 0 Å². The Morgan fingerprint density at radius 3 is 2.48 bits per heavy atom. The first-order chi connectivity index (χ1) is 13.8. The monoisotopic (exact) mass is 430 g/mol. The molecule has 0 aliphatic rings. The van der Waals surface area contributed by atoms with E-state index < -0.39 is 5.25 Å². The van der Waals surface area contributed by atoms with Gasteiger partial charge in [-0.25, -0.2) is 4.98 Å². The number of thioether (sulfide) groups is 1. The Hall–Kier alpha value is -2.31. The van der Waals surface area contributed by atoms with E-state index in [2.05, 4.69) is 4.98 Å². The fourth-order valence-corrected chi connectivity index (χ4v) is 4.30. The van der Waals surface area contributed by atoms with Gasteiger partial charge in [-0.05, 0) is 70.2 Å². The number of ketones is 1. The van der Waals surface area contributed by atoms with E-state index in [1.807, 2.05) is 27.7 Å². The van der Waals surface area contributed by atoms with Crippen LogP contribution in [0.25, 0.3) is 10.9 Å². The third-order valence-electron chi connectivity index (χ3n) is 4.45. The quantitative estimate of drug-likeness (QED) is 0.285. The van der Waals surface area contributed by atoms with Gasteiger partial charge in [0.25, 0.3) is 5.56 Å². The average Bonchev–Trinajstić information content (AvgIpc) is 2.67. The van der Waals surface area contributed by atoms with Crippen molar-refractivity contribution < 1.29 is 9.53 Å². The van der Waals surface area contributed by atoms with Crippen LogP contribution in [0.2, 0.25) is 5.02 Å². The van der Waals surface area contributed by atoms with Gasteiger partial charge in [-0.3, -0.25) is 14.2 Å². The lowest BCUT2D eigenvalue weighted by Crippen LogP contribution is -2.26. The number of Topliss-reactive ketones (excluding diaryl/α,β-unsaturated/α-hetero) is 1. The van der Waals surface area contributed by atoms with Gasteiger partial charge in [-0.15, -0.1) is 0 Å². The second kappa shape index (κ2) is 9.01. The SMILES string of the molecule is CCOc1ccc(C(=O)[C@H](C)Sc2nc3cc(Cl)ccc3c(=O)n2C(C)C)cc1. The molecule has 0 saturated carbocycles. The molecule has 7 heteroatoms. The first-order valence-electron chi connectivity index (χ1n) is 9.47. The van der Waals surface area contributed by atoms with E-state index in [4.69, 9.17) is 16.3 Å². The average molecular weight is 431 g/mol. The molecule has 0 aliphatic heterocycles. The van der Waals surface area contributed by atoms with Crippen LogP contribution in [0.15, 0.2) is 52.4 Å². The van der Waals surface area contributed by atoms with Crippen molar-refractivity contribution in [1.82, 2.24) is 9.55 Å². The lowest BCUT2D eigenvalue weighted by atomic mass is 10.1. The molecule has 3 rings (SSSR count). The van der Waals surface area contributed by atoms with Crippen LogP contribution in [0.5, 0.6) is 5.75 Å². The summed E-state index contributed by atoms with van der Waals surface area (Å²) in [4.78, 5) is 30.5. The highest BCUT2D eigenvalue weighted by molar-refractivity contribution is 8.00. The Balaban J connectivity index is 1.94. The normalized spacial score (nSPS) is 12.3. The Labute approximate surface area is 179 Å². The molecule has 0 aliphatic carbocycles. The largest absolute Gasteiger partial charge is 0.494 e. The molecule has 2 aromatic carbocycles. The lowest BCUT2D eigenvalue weighted by Gasteiger charge is -2.18. The van der Waals surface area contributed by atoms with Gasteiger partial charge in [-0.1, -0.05) is 23.4 Å². The zero-order valence-electron chi connectivity index (χ0n) is 16.8. The summed E-state index contributed by atoms with van der Waals surface area (Å²) in [6, 6.07) is 12.0. The number of nitrogens with zero attached hydrogens (tertiary/aromatic N) is 2. The van der Waals surface area contributed by atoms with Gasteiger partial charge in [0.1, 0.15) is 5.75 Å². The Bertz CT molecular complexity index is 1090. The van der Waals surface area contributed by atoms with E-state index in [9.17, 15) is 9.59 Å². The summed E-state index contributed by atoms with van der Waals surface area (Å²) >= 11 is 7.36. The molecular weight excluding hydrogens is 408 g/mol. The summed E-state index contributed by atoms with van der Waals surface area (Å²) in [5.41, 5.74) is 0.989. The van der Waals surface area contributed by atoms with Crippen molar-refractivity contribution in [3.63, 3.8) is 0 Å². The standard InChI is InChI=1S/C22H23ClN2O3S/c1-5-28-17-9-6-15(7-10-17)20(26)14(4)29-22-24-19-12-16(23)8-11-18(19)21(27)25(22)13(2)3/h6-14H,5H2,1-4H3/t14-/m0/s1. The molecule has 0 spiro atoms. The summed E-state index contributed by atoms with van der Waals surface area (Å²) in [5.74, 6) is 0.694. The van der Waals surface area contributed by atoms with Crippen LogP contribution in [0.1, 0.15) is 44.1 Å². The molecule has 0 N–H and O–H groups in total. The fourth-order valence-electron chi connectivity index (χ4n) is 3.02. The number of hydrogen-bond acceptors (Lipinski definition) is 5. The van der Waals surface area contributed by atoms with Crippen LogP contribution in [-0.2, 0) is 0 Å². The Morgan fingerprint density at radius 2 is 1.86 bits per heavy atom. The van der Waals surface area contributed by atoms with Crippen LogP contribution >= 0.6 is 23.4 Å². The van der Waals surface area contributed by atoms with Crippen molar-refractivity contribution >= 4 is 40.0 Å². The van der Waals surface area contributed by atoms with E-state index in [1.54, 1.807) is 47.0 Å². The van der Waals surface area contributed by atoms with E-state index in [0.717, 1.165) is 5.75 Å². The number of carbonyl (C=O) groups is 1. The highest BCUT2D eigenvalue weighted by atomic mass is 35.5. The molecule has 0 fully saturated rings. The number of carbonyl (C=O) groups excluding carboxylic acids is 1. The first kappa shape index (κ1) is 21.4. The van der Waals surface area contributed by atoms with Crippen LogP contribution in [0.4, 0.5) is 0 Å². The molecule has 1 heterocycles. The van der Waals surface area contributed by atoms with Gasteiger partial charge in [0.05, 0.1) is 22.8 Å². The highest BCUT2D eigenvalue weighted by Crippen LogP contribution is 2.28. The zero-order valence-corrected chi connectivity index (χ0v) is 18.4. The number of hydrogen-bond donors (Lipinski definition) is 0. The maximum Gasteiger partial charge on any atom is 0.262 e. The lowest BCUT2D eigenvalue weighted by molar-refractivity contribution is 0.0993. The molecule has 0 saturated heterocycles. The number of fused-ring (bicyclic) bond motifs is 1. The highest BCUT2D eigenvalue weighted by Gasteiger charge is 2.22. The van der Waals surface area contributed by atoms with Crippen LogP contribution < -0.4 is 10.3 Å². The zero-order chi connectivity index (χ0) is 21.1. The molecule has 1 atom stereocenters. The molecule has 29 heavy (non-hydrogen) atoms. The molecule has 152 valence electrons. The first-order valence-corrected chi connectivity index (χ1v) is 10.7. The molecule has 5 nitrogen and oxygen atoms in total. The van der Waals surface area contributed by atoms with Gasteiger partial charge < -0.3 is 4.74 Å². The van der Waals surface area contributed by atoms with Gasteiger partial charge in [0.15, 0.2) is 10.9 Å². The number of rotatable bonds is 7.